The van der Waals surface area contributed by atoms with Crippen LogP contribution >= 0.6 is 0 Å². The SMILES string of the molecule is O=C(O)C(=O)O.O=[N+]([O-])c1ccc(CN2CCC(N(CCc3ccccc3)Cc3ccccc3)CC2)cc1. The van der Waals surface area contributed by atoms with E-state index in [0.29, 0.717) is 6.04 Å². The van der Waals surface area contributed by atoms with Crippen LogP contribution in [-0.2, 0) is 29.1 Å². The molecule has 3 aromatic rings. The second-order valence-corrected chi connectivity index (χ2v) is 9.23. The Balaban J connectivity index is 0.000000599. The standard InChI is InChI=1S/C27H31N3O2.C2H2O4/c31-30(32)27-13-11-25(12-14-27)21-28-18-16-26(17-19-28)29(22-24-9-5-2-6-10-24)20-15-23-7-3-1-4-8-23;3-1(4)2(5)6/h1-14,26H,15-22H2;(H,3,4)(H,5,6). The summed E-state index contributed by atoms with van der Waals surface area (Å²) in [7, 11) is 0. The van der Waals surface area contributed by atoms with Gasteiger partial charge in [-0.25, -0.2) is 9.59 Å². The Morgan fingerprint density at radius 2 is 1.34 bits per heavy atom. The normalized spacial score (nSPS) is 13.9. The van der Waals surface area contributed by atoms with Crippen LogP contribution in [0.3, 0.4) is 0 Å². The number of hydrogen-bond donors (Lipinski definition) is 2. The van der Waals surface area contributed by atoms with E-state index in [-0.39, 0.29) is 10.6 Å². The van der Waals surface area contributed by atoms with Gasteiger partial charge in [-0.3, -0.25) is 19.9 Å². The molecule has 4 rings (SSSR count). The lowest BCUT2D eigenvalue weighted by molar-refractivity contribution is -0.384. The maximum atomic E-state index is 10.9. The Morgan fingerprint density at radius 1 is 0.816 bits per heavy atom. The number of nitro benzene ring substituents is 1. The minimum atomic E-state index is -1.82. The molecule has 0 radical (unpaired) electrons. The number of non-ortho nitro benzene ring substituents is 1. The largest absolute Gasteiger partial charge is 0.473 e. The molecule has 0 bridgehead atoms. The highest BCUT2D eigenvalue weighted by Gasteiger charge is 2.25. The van der Waals surface area contributed by atoms with E-state index in [0.717, 1.165) is 57.5 Å². The summed E-state index contributed by atoms with van der Waals surface area (Å²) >= 11 is 0. The molecule has 1 aliphatic heterocycles. The van der Waals surface area contributed by atoms with Gasteiger partial charge in [-0.1, -0.05) is 72.8 Å². The van der Waals surface area contributed by atoms with Gasteiger partial charge in [0.15, 0.2) is 0 Å². The van der Waals surface area contributed by atoms with Gasteiger partial charge in [0.05, 0.1) is 4.92 Å². The van der Waals surface area contributed by atoms with Crippen molar-refractivity contribution in [2.75, 3.05) is 19.6 Å². The third kappa shape index (κ3) is 9.42. The van der Waals surface area contributed by atoms with E-state index in [4.69, 9.17) is 19.8 Å². The zero-order valence-electron chi connectivity index (χ0n) is 21.2. The fourth-order valence-corrected chi connectivity index (χ4v) is 4.55. The average Bonchev–Trinajstić information content (AvgIpc) is 2.93. The second-order valence-electron chi connectivity index (χ2n) is 9.23. The average molecular weight is 520 g/mol. The molecule has 0 amide bonds. The number of likely N-dealkylation sites (tertiary alicyclic amines) is 1. The first-order valence-electron chi connectivity index (χ1n) is 12.6. The fourth-order valence-electron chi connectivity index (χ4n) is 4.55. The van der Waals surface area contributed by atoms with Crippen LogP contribution in [0, 0.1) is 10.1 Å². The van der Waals surface area contributed by atoms with Crippen molar-refractivity contribution >= 4 is 17.6 Å². The molecule has 1 aliphatic rings. The molecule has 9 heteroatoms. The number of piperidine rings is 1. The van der Waals surface area contributed by atoms with Crippen LogP contribution in [-0.4, -0.2) is 62.6 Å². The predicted molar refractivity (Wildman–Crippen MR) is 144 cm³/mol. The number of hydrogen-bond acceptors (Lipinski definition) is 6. The van der Waals surface area contributed by atoms with Crippen LogP contribution in [0.5, 0.6) is 0 Å². The molecule has 0 saturated carbocycles. The molecule has 9 nitrogen and oxygen atoms in total. The number of carboxylic acid groups (broad SMARTS) is 2. The van der Waals surface area contributed by atoms with Crippen molar-refractivity contribution in [2.45, 2.75) is 38.4 Å². The van der Waals surface area contributed by atoms with Gasteiger partial charge in [-0.05, 0) is 49.0 Å². The molecule has 3 aromatic carbocycles. The van der Waals surface area contributed by atoms with Gasteiger partial charge in [0.1, 0.15) is 0 Å². The van der Waals surface area contributed by atoms with Crippen molar-refractivity contribution in [2.24, 2.45) is 0 Å². The van der Waals surface area contributed by atoms with Crippen molar-refractivity contribution in [1.82, 2.24) is 9.80 Å². The molecule has 1 fully saturated rings. The van der Waals surface area contributed by atoms with Crippen molar-refractivity contribution in [3.63, 3.8) is 0 Å². The summed E-state index contributed by atoms with van der Waals surface area (Å²) in [6.07, 6.45) is 3.36. The first-order valence-corrected chi connectivity index (χ1v) is 12.6. The molecule has 0 unspecified atom stereocenters. The quantitative estimate of drug-likeness (QED) is 0.241. The Morgan fingerprint density at radius 3 is 1.84 bits per heavy atom. The summed E-state index contributed by atoms with van der Waals surface area (Å²) in [4.78, 5) is 33.9. The number of nitrogens with zero attached hydrogens (tertiary/aromatic N) is 3. The van der Waals surface area contributed by atoms with Crippen LogP contribution in [0.4, 0.5) is 5.69 Å². The summed E-state index contributed by atoms with van der Waals surface area (Å²) in [6.45, 7) is 5.01. The number of carboxylic acids is 2. The maximum Gasteiger partial charge on any atom is 0.414 e. The molecule has 0 atom stereocenters. The molecule has 0 aliphatic carbocycles. The van der Waals surface area contributed by atoms with Gasteiger partial charge in [0.25, 0.3) is 5.69 Å². The van der Waals surface area contributed by atoms with E-state index in [9.17, 15) is 10.1 Å². The number of nitro groups is 1. The summed E-state index contributed by atoms with van der Waals surface area (Å²) in [5.74, 6) is -3.65. The van der Waals surface area contributed by atoms with Crippen LogP contribution in [0.2, 0.25) is 0 Å². The zero-order chi connectivity index (χ0) is 27.3. The van der Waals surface area contributed by atoms with Crippen molar-refractivity contribution in [3.05, 3.63) is 112 Å². The number of aliphatic carboxylic acids is 2. The Labute approximate surface area is 222 Å². The van der Waals surface area contributed by atoms with Crippen LogP contribution in [0.1, 0.15) is 29.5 Å². The second kappa shape index (κ2) is 14.6. The first kappa shape index (κ1) is 28.5. The van der Waals surface area contributed by atoms with Crippen molar-refractivity contribution in [1.29, 1.82) is 0 Å². The lowest BCUT2D eigenvalue weighted by atomic mass is 10.0. The van der Waals surface area contributed by atoms with Gasteiger partial charge >= 0.3 is 11.9 Å². The van der Waals surface area contributed by atoms with E-state index in [1.165, 1.54) is 11.1 Å². The van der Waals surface area contributed by atoms with Crippen molar-refractivity contribution in [3.8, 4) is 0 Å². The molecule has 0 aromatic heterocycles. The Bertz CT molecular complexity index is 1150. The maximum absolute atomic E-state index is 10.9. The van der Waals surface area contributed by atoms with Crippen LogP contribution in [0.15, 0.2) is 84.9 Å². The van der Waals surface area contributed by atoms with Gasteiger partial charge in [0.2, 0.25) is 0 Å². The minimum absolute atomic E-state index is 0.155. The topological polar surface area (TPSA) is 124 Å². The fraction of sp³-hybridized carbons (Fsp3) is 0.310. The monoisotopic (exact) mass is 519 g/mol. The van der Waals surface area contributed by atoms with E-state index in [1.54, 1.807) is 12.1 Å². The summed E-state index contributed by atoms with van der Waals surface area (Å²) in [5.41, 5.74) is 4.05. The number of rotatable bonds is 9. The highest BCUT2D eigenvalue weighted by Crippen LogP contribution is 2.22. The van der Waals surface area contributed by atoms with E-state index < -0.39 is 11.9 Å². The molecule has 0 spiro atoms. The molecular formula is C29H33N3O6. The van der Waals surface area contributed by atoms with E-state index in [2.05, 4.69) is 70.5 Å². The van der Waals surface area contributed by atoms with Crippen molar-refractivity contribution < 1.29 is 24.7 Å². The number of benzene rings is 3. The third-order valence-electron chi connectivity index (χ3n) is 6.57. The lowest BCUT2D eigenvalue weighted by Crippen LogP contribution is -2.45. The summed E-state index contributed by atoms with van der Waals surface area (Å²) in [6, 6.07) is 29.1. The van der Waals surface area contributed by atoms with Gasteiger partial charge < -0.3 is 10.2 Å². The molecule has 200 valence electrons. The molecule has 38 heavy (non-hydrogen) atoms. The van der Waals surface area contributed by atoms with Crippen LogP contribution < -0.4 is 0 Å². The summed E-state index contributed by atoms with van der Waals surface area (Å²) in [5, 5.41) is 25.6. The molecule has 1 saturated heterocycles. The molecule has 1 heterocycles. The van der Waals surface area contributed by atoms with Gasteiger partial charge in [0, 0.05) is 37.8 Å². The number of carbonyl (C=O) groups is 2. The smallest absolute Gasteiger partial charge is 0.414 e. The van der Waals surface area contributed by atoms with E-state index in [1.807, 2.05) is 12.1 Å². The van der Waals surface area contributed by atoms with Crippen LogP contribution in [0.25, 0.3) is 0 Å². The van der Waals surface area contributed by atoms with E-state index >= 15 is 0 Å². The molecular weight excluding hydrogens is 486 g/mol. The Kier molecular flexibility index (Phi) is 11.0. The Hall–Kier alpha value is -4.08. The zero-order valence-corrected chi connectivity index (χ0v) is 21.2. The first-order chi connectivity index (χ1) is 18.3. The highest BCUT2D eigenvalue weighted by molar-refractivity contribution is 6.27. The predicted octanol–water partition coefficient (Wildman–Crippen LogP) is 4.46. The summed E-state index contributed by atoms with van der Waals surface area (Å²) < 4.78 is 0. The van der Waals surface area contributed by atoms with Gasteiger partial charge in [-0.15, -0.1) is 0 Å². The lowest BCUT2D eigenvalue weighted by Gasteiger charge is -2.39. The third-order valence-corrected chi connectivity index (χ3v) is 6.57. The minimum Gasteiger partial charge on any atom is -0.473 e. The highest BCUT2D eigenvalue weighted by atomic mass is 16.6. The molecule has 2 N–H and O–H groups in total. The van der Waals surface area contributed by atoms with Gasteiger partial charge in [-0.2, -0.15) is 0 Å².